The molecule has 0 amide bonds. The van der Waals surface area contributed by atoms with E-state index in [-0.39, 0.29) is 0 Å². The number of piperidine rings is 1. The van der Waals surface area contributed by atoms with Gasteiger partial charge in [-0.05, 0) is 24.3 Å². The summed E-state index contributed by atoms with van der Waals surface area (Å²) >= 11 is 0. The highest BCUT2D eigenvalue weighted by Gasteiger charge is 2.27. The van der Waals surface area contributed by atoms with Crippen LogP contribution in [0.4, 0.5) is 0 Å². The van der Waals surface area contributed by atoms with Gasteiger partial charge in [-0.2, -0.15) is 0 Å². The summed E-state index contributed by atoms with van der Waals surface area (Å²) in [6.45, 7) is 5.14. The Morgan fingerprint density at radius 2 is 2.05 bits per heavy atom. The maximum atomic E-state index is 9.37. The minimum absolute atomic E-state index is 0.294. The fourth-order valence-corrected chi connectivity index (χ4v) is 3.12. The molecule has 2 heterocycles. The second-order valence-electron chi connectivity index (χ2n) is 5.73. The van der Waals surface area contributed by atoms with Gasteiger partial charge < -0.3 is 14.9 Å². The molecule has 1 atom stereocenters. The molecule has 20 heavy (non-hydrogen) atoms. The highest BCUT2D eigenvalue weighted by Crippen LogP contribution is 2.20. The zero-order valence-corrected chi connectivity index (χ0v) is 11.9. The Kier molecular flexibility index (Phi) is 4.21. The minimum Gasteiger partial charge on any atom is -0.396 e. The van der Waals surface area contributed by atoms with Gasteiger partial charge in [-0.3, -0.25) is 4.99 Å². The Balaban J connectivity index is 1.66. The highest BCUT2D eigenvalue weighted by molar-refractivity contribution is 5.81. The molecule has 0 aliphatic carbocycles. The molecule has 0 aromatic heterocycles. The third-order valence-corrected chi connectivity index (χ3v) is 4.18. The highest BCUT2D eigenvalue weighted by atomic mass is 16.3. The predicted molar refractivity (Wildman–Crippen MR) is 80.5 cm³/mol. The van der Waals surface area contributed by atoms with Crippen molar-refractivity contribution in [2.75, 3.05) is 32.8 Å². The van der Waals surface area contributed by atoms with Crippen LogP contribution in [0.25, 0.3) is 0 Å². The third kappa shape index (κ3) is 2.96. The summed E-state index contributed by atoms with van der Waals surface area (Å²) in [5.74, 6) is 1.54. The van der Waals surface area contributed by atoms with Crippen LogP contribution in [0.1, 0.15) is 18.4 Å². The van der Waals surface area contributed by atoms with E-state index >= 15 is 0 Å². The van der Waals surface area contributed by atoms with E-state index in [2.05, 4.69) is 40.1 Å². The van der Waals surface area contributed by atoms with Crippen molar-refractivity contribution >= 4 is 5.96 Å². The largest absolute Gasteiger partial charge is 0.396 e. The lowest BCUT2D eigenvalue weighted by Crippen LogP contribution is -2.47. The predicted octanol–water partition coefficient (Wildman–Crippen LogP) is 1.56. The van der Waals surface area contributed by atoms with Crippen LogP contribution in [0, 0.1) is 5.92 Å². The van der Waals surface area contributed by atoms with Crippen molar-refractivity contribution in [2.45, 2.75) is 19.4 Å². The zero-order valence-electron chi connectivity index (χ0n) is 11.9. The van der Waals surface area contributed by atoms with Crippen molar-refractivity contribution in [1.82, 2.24) is 9.80 Å². The van der Waals surface area contributed by atoms with Crippen molar-refractivity contribution in [2.24, 2.45) is 10.9 Å². The number of aliphatic hydroxyl groups is 1. The van der Waals surface area contributed by atoms with Crippen LogP contribution < -0.4 is 0 Å². The van der Waals surface area contributed by atoms with E-state index in [1.165, 1.54) is 5.56 Å². The van der Waals surface area contributed by atoms with E-state index in [9.17, 15) is 5.11 Å². The van der Waals surface area contributed by atoms with E-state index < -0.39 is 0 Å². The maximum absolute atomic E-state index is 9.37. The molecule has 0 saturated carbocycles. The van der Waals surface area contributed by atoms with E-state index in [1.54, 1.807) is 0 Å². The smallest absolute Gasteiger partial charge is 0.197 e. The standard InChI is InChI=1S/C16H23N3O/c20-13-15-7-4-9-18(12-15)16-17-8-10-19(16)11-14-5-2-1-3-6-14/h1-3,5-6,15,20H,4,7-13H2. The maximum Gasteiger partial charge on any atom is 0.197 e. The quantitative estimate of drug-likeness (QED) is 0.908. The topological polar surface area (TPSA) is 39.1 Å². The number of nitrogens with zero attached hydrogens (tertiary/aromatic N) is 3. The molecule has 0 spiro atoms. The molecule has 3 rings (SSSR count). The van der Waals surface area contributed by atoms with Gasteiger partial charge in [-0.15, -0.1) is 0 Å². The third-order valence-electron chi connectivity index (χ3n) is 4.18. The molecule has 1 aromatic carbocycles. The van der Waals surface area contributed by atoms with Gasteiger partial charge in [0.2, 0.25) is 0 Å². The molecule has 1 aromatic rings. The molecule has 0 bridgehead atoms. The summed E-state index contributed by atoms with van der Waals surface area (Å²) in [6, 6.07) is 10.6. The van der Waals surface area contributed by atoms with Gasteiger partial charge in [-0.1, -0.05) is 30.3 Å². The van der Waals surface area contributed by atoms with Crippen LogP contribution >= 0.6 is 0 Å². The van der Waals surface area contributed by atoms with Gasteiger partial charge in [0.15, 0.2) is 5.96 Å². The fourth-order valence-electron chi connectivity index (χ4n) is 3.12. The number of rotatable bonds is 3. The second-order valence-corrected chi connectivity index (χ2v) is 5.73. The molecule has 108 valence electrons. The second kappa shape index (κ2) is 6.27. The van der Waals surface area contributed by atoms with Gasteiger partial charge in [0.25, 0.3) is 0 Å². The first-order chi connectivity index (χ1) is 9.86. The Labute approximate surface area is 120 Å². The average Bonchev–Trinajstić information content (AvgIpc) is 2.96. The lowest BCUT2D eigenvalue weighted by molar-refractivity contribution is 0.152. The molecule has 4 heteroatoms. The van der Waals surface area contributed by atoms with Gasteiger partial charge >= 0.3 is 0 Å². The van der Waals surface area contributed by atoms with Crippen molar-refractivity contribution in [1.29, 1.82) is 0 Å². The van der Waals surface area contributed by atoms with E-state index in [0.29, 0.717) is 12.5 Å². The Morgan fingerprint density at radius 3 is 2.85 bits per heavy atom. The summed E-state index contributed by atoms with van der Waals surface area (Å²) < 4.78 is 0. The minimum atomic E-state index is 0.294. The van der Waals surface area contributed by atoms with Crippen LogP contribution in [-0.2, 0) is 6.54 Å². The first kappa shape index (κ1) is 13.4. The molecule has 2 aliphatic heterocycles. The Morgan fingerprint density at radius 1 is 1.20 bits per heavy atom. The molecule has 1 N–H and O–H groups in total. The van der Waals surface area contributed by atoms with Crippen molar-refractivity contribution in [3.8, 4) is 0 Å². The van der Waals surface area contributed by atoms with Crippen LogP contribution in [0.3, 0.4) is 0 Å². The molecular formula is C16H23N3O. The zero-order chi connectivity index (χ0) is 13.8. The van der Waals surface area contributed by atoms with E-state index in [4.69, 9.17) is 4.99 Å². The number of aliphatic hydroxyl groups excluding tert-OH is 1. The number of benzene rings is 1. The summed E-state index contributed by atoms with van der Waals surface area (Å²) in [7, 11) is 0. The molecule has 1 unspecified atom stereocenters. The first-order valence-electron chi connectivity index (χ1n) is 7.56. The van der Waals surface area contributed by atoms with Gasteiger partial charge in [0.05, 0.1) is 6.54 Å². The normalized spacial score (nSPS) is 23.1. The molecule has 1 saturated heterocycles. The van der Waals surface area contributed by atoms with Gasteiger partial charge in [0.1, 0.15) is 0 Å². The number of guanidine groups is 1. The van der Waals surface area contributed by atoms with Crippen LogP contribution in [0.15, 0.2) is 35.3 Å². The molecule has 0 radical (unpaired) electrons. The number of hydrogen-bond donors (Lipinski definition) is 1. The first-order valence-corrected chi connectivity index (χ1v) is 7.56. The number of hydrogen-bond acceptors (Lipinski definition) is 4. The molecule has 1 fully saturated rings. The summed E-state index contributed by atoms with van der Waals surface area (Å²) in [6.07, 6.45) is 2.29. The number of aliphatic imine (C=N–C) groups is 1. The number of likely N-dealkylation sites (tertiary alicyclic amines) is 1. The summed E-state index contributed by atoms with van der Waals surface area (Å²) in [4.78, 5) is 9.42. The lowest BCUT2D eigenvalue weighted by Gasteiger charge is -2.36. The van der Waals surface area contributed by atoms with Crippen molar-refractivity contribution < 1.29 is 5.11 Å². The van der Waals surface area contributed by atoms with Crippen LogP contribution in [-0.4, -0.2) is 53.7 Å². The molecule has 4 nitrogen and oxygen atoms in total. The molecule has 2 aliphatic rings. The van der Waals surface area contributed by atoms with Crippen LogP contribution in [0.2, 0.25) is 0 Å². The Hall–Kier alpha value is -1.55. The van der Waals surface area contributed by atoms with Crippen LogP contribution in [0.5, 0.6) is 0 Å². The van der Waals surface area contributed by atoms with Gasteiger partial charge in [0, 0.05) is 32.8 Å². The van der Waals surface area contributed by atoms with Gasteiger partial charge in [-0.25, -0.2) is 0 Å². The van der Waals surface area contributed by atoms with Crippen molar-refractivity contribution in [3.05, 3.63) is 35.9 Å². The molecular weight excluding hydrogens is 250 g/mol. The van der Waals surface area contributed by atoms with Crippen molar-refractivity contribution in [3.63, 3.8) is 0 Å². The average molecular weight is 273 g/mol. The lowest BCUT2D eigenvalue weighted by atomic mass is 9.99. The SMILES string of the molecule is OCC1CCCN(C2=NCCN2Cc2ccccc2)C1. The monoisotopic (exact) mass is 273 g/mol. The summed E-state index contributed by atoms with van der Waals surface area (Å²) in [5.41, 5.74) is 1.33. The summed E-state index contributed by atoms with van der Waals surface area (Å²) in [5, 5.41) is 9.37. The van der Waals surface area contributed by atoms with E-state index in [0.717, 1.165) is 51.5 Å². The Bertz CT molecular complexity index is 460. The fraction of sp³-hybridized carbons (Fsp3) is 0.562. The van der Waals surface area contributed by atoms with E-state index in [1.807, 2.05) is 0 Å².